The third-order valence-electron chi connectivity index (χ3n) is 2.43. The normalized spacial score (nSPS) is 31.6. The number of hydrogen-bond donors (Lipinski definition) is 0. The molecular weight excluding hydrogens is 245 g/mol. The highest BCUT2D eigenvalue weighted by Gasteiger charge is 2.25. The molecule has 92 valence electrons. The van der Waals surface area contributed by atoms with Gasteiger partial charge in [0.1, 0.15) is 14.5 Å². The standard InChI is InChI=1S/C9H19BClN2O2P/c1-12(2)16(4,11)14-7-8-5-13(3)6-9(10)15-8/h8-9H,4-7H2,1-3H3. The van der Waals surface area contributed by atoms with Gasteiger partial charge < -0.3 is 14.2 Å². The Labute approximate surface area is 104 Å². The van der Waals surface area contributed by atoms with Gasteiger partial charge in [0, 0.05) is 19.1 Å². The monoisotopic (exact) mass is 264 g/mol. The minimum absolute atomic E-state index is 0.0337. The fourth-order valence-electron chi connectivity index (χ4n) is 1.47. The van der Waals surface area contributed by atoms with Crippen molar-refractivity contribution in [2.24, 2.45) is 0 Å². The maximum absolute atomic E-state index is 6.17. The lowest BCUT2D eigenvalue weighted by atomic mass is 9.98. The molecule has 3 unspecified atom stereocenters. The van der Waals surface area contributed by atoms with Crippen LogP contribution >= 0.6 is 17.9 Å². The summed E-state index contributed by atoms with van der Waals surface area (Å²) in [4.78, 5) is 2.12. The first-order valence-electron chi connectivity index (χ1n) is 5.16. The Morgan fingerprint density at radius 2 is 2.25 bits per heavy atom. The van der Waals surface area contributed by atoms with Gasteiger partial charge in [-0.05, 0) is 27.4 Å². The molecule has 1 aliphatic rings. The van der Waals surface area contributed by atoms with E-state index in [9.17, 15) is 0 Å². The van der Waals surface area contributed by atoms with E-state index >= 15 is 0 Å². The van der Waals surface area contributed by atoms with E-state index in [2.05, 4.69) is 11.2 Å². The highest BCUT2D eigenvalue weighted by molar-refractivity contribution is 7.91. The van der Waals surface area contributed by atoms with E-state index in [0.29, 0.717) is 6.61 Å². The number of nitrogens with zero attached hydrogens (tertiary/aromatic N) is 2. The van der Waals surface area contributed by atoms with Crippen molar-refractivity contribution in [2.45, 2.75) is 12.1 Å². The number of likely N-dealkylation sites (N-methyl/N-ethyl adjacent to an activating group) is 1. The molecule has 0 saturated carbocycles. The largest absolute Gasteiger partial charge is 0.380 e. The summed E-state index contributed by atoms with van der Waals surface area (Å²) in [5.41, 5.74) is 0. The summed E-state index contributed by atoms with van der Waals surface area (Å²) in [6.07, 6.45) is 3.84. The molecular formula is C9H19BClN2O2P. The molecule has 3 atom stereocenters. The molecule has 0 aromatic heterocycles. The van der Waals surface area contributed by atoms with E-state index in [1.165, 1.54) is 0 Å². The van der Waals surface area contributed by atoms with Gasteiger partial charge in [-0.15, -0.1) is 0 Å². The third-order valence-corrected chi connectivity index (χ3v) is 5.37. The zero-order valence-electron chi connectivity index (χ0n) is 10.1. The number of morpholine rings is 1. The Kier molecular flexibility index (Phi) is 5.37. The quantitative estimate of drug-likeness (QED) is 0.554. The van der Waals surface area contributed by atoms with Crippen molar-refractivity contribution in [3.63, 3.8) is 0 Å². The Morgan fingerprint density at radius 1 is 1.62 bits per heavy atom. The van der Waals surface area contributed by atoms with Crippen LogP contribution in [0.1, 0.15) is 0 Å². The summed E-state index contributed by atoms with van der Waals surface area (Å²) in [5.74, 6) is 0. The van der Waals surface area contributed by atoms with Crippen LogP contribution in [0.15, 0.2) is 0 Å². The van der Waals surface area contributed by atoms with Gasteiger partial charge >= 0.3 is 0 Å². The second-order valence-electron chi connectivity index (χ2n) is 4.28. The number of halogens is 1. The molecule has 4 nitrogen and oxygen atoms in total. The molecule has 1 aliphatic heterocycles. The molecule has 0 aromatic carbocycles. The van der Waals surface area contributed by atoms with Crippen LogP contribution in [-0.2, 0) is 9.26 Å². The van der Waals surface area contributed by atoms with Crippen molar-refractivity contribution in [1.82, 2.24) is 9.57 Å². The first kappa shape index (κ1) is 14.6. The van der Waals surface area contributed by atoms with Gasteiger partial charge in [-0.25, -0.2) is 0 Å². The van der Waals surface area contributed by atoms with Gasteiger partial charge in [0.25, 0.3) is 0 Å². The van der Waals surface area contributed by atoms with E-state index in [1.54, 1.807) is 4.67 Å². The van der Waals surface area contributed by atoms with Gasteiger partial charge in [0.2, 0.25) is 0 Å². The number of hydrogen-bond acceptors (Lipinski definition) is 4. The van der Waals surface area contributed by atoms with Crippen LogP contribution in [0.25, 0.3) is 0 Å². The average Bonchev–Trinajstić information content (AvgIpc) is 2.13. The van der Waals surface area contributed by atoms with Crippen LogP contribution < -0.4 is 0 Å². The Morgan fingerprint density at radius 3 is 2.75 bits per heavy atom. The van der Waals surface area contributed by atoms with Crippen LogP contribution in [0.4, 0.5) is 0 Å². The van der Waals surface area contributed by atoms with Crippen molar-refractivity contribution in [3.05, 3.63) is 0 Å². The Balaban J connectivity index is 2.40. The van der Waals surface area contributed by atoms with Crippen LogP contribution in [0.5, 0.6) is 0 Å². The lowest BCUT2D eigenvalue weighted by molar-refractivity contribution is -0.0586. The zero-order valence-corrected chi connectivity index (χ0v) is 11.7. The maximum atomic E-state index is 6.17. The summed E-state index contributed by atoms with van der Waals surface area (Å²) in [5, 5.41) is 0. The Bertz CT molecular complexity index is 270. The van der Waals surface area contributed by atoms with Crippen LogP contribution in [-0.4, -0.2) is 76.7 Å². The summed E-state index contributed by atoms with van der Waals surface area (Å²) in [6.45, 7) is -0.227. The molecule has 1 heterocycles. The molecule has 16 heavy (non-hydrogen) atoms. The second-order valence-corrected chi connectivity index (χ2v) is 8.15. The molecule has 1 rings (SSSR count). The van der Waals surface area contributed by atoms with Gasteiger partial charge in [0.05, 0.1) is 12.7 Å². The van der Waals surface area contributed by atoms with Crippen molar-refractivity contribution < 1.29 is 9.26 Å². The van der Waals surface area contributed by atoms with Crippen molar-refractivity contribution >= 4 is 32.0 Å². The lowest BCUT2D eigenvalue weighted by Crippen LogP contribution is -2.47. The third kappa shape index (κ3) is 4.40. The highest BCUT2D eigenvalue weighted by Crippen LogP contribution is 2.53. The van der Waals surface area contributed by atoms with Crippen LogP contribution in [0.3, 0.4) is 0 Å². The summed E-state index contributed by atoms with van der Waals surface area (Å²) in [6, 6.07) is -0.250. The maximum Gasteiger partial charge on any atom is 0.150 e. The molecule has 1 saturated heterocycles. The minimum atomic E-state index is -2.20. The second kappa shape index (κ2) is 5.90. The van der Waals surface area contributed by atoms with Gasteiger partial charge in [-0.1, -0.05) is 11.2 Å². The first-order chi connectivity index (χ1) is 7.31. The molecule has 0 bridgehead atoms. The fraction of sp³-hybridized carbons (Fsp3) is 0.889. The fourth-order valence-corrected chi connectivity index (χ4v) is 2.26. The summed E-state index contributed by atoms with van der Waals surface area (Å²) >= 11 is 6.17. The molecule has 7 heteroatoms. The number of ether oxygens (including phenoxy) is 1. The minimum Gasteiger partial charge on any atom is -0.380 e. The molecule has 0 spiro atoms. The predicted molar refractivity (Wildman–Crippen MR) is 71.4 cm³/mol. The molecule has 1 fully saturated rings. The molecule has 2 radical (unpaired) electrons. The molecule has 0 aromatic rings. The van der Waals surface area contributed by atoms with Crippen LogP contribution in [0, 0.1) is 0 Å². The highest BCUT2D eigenvalue weighted by atomic mass is 35.7. The van der Waals surface area contributed by atoms with E-state index in [0.717, 1.165) is 13.1 Å². The number of rotatable bonds is 4. The van der Waals surface area contributed by atoms with Gasteiger partial charge in [-0.2, -0.15) is 0 Å². The van der Waals surface area contributed by atoms with Crippen LogP contribution in [0.2, 0.25) is 0 Å². The van der Waals surface area contributed by atoms with E-state index in [1.807, 2.05) is 21.1 Å². The molecule has 0 N–H and O–H groups in total. The van der Waals surface area contributed by atoms with E-state index < -0.39 is 6.62 Å². The molecule has 0 amide bonds. The van der Waals surface area contributed by atoms with Gasteiger partial charge in [-0.3, -0.25) is 4.67 Å². The van der Waals surface area contributed by atoms with Crippen molar-refractivity contribution in [2.75, 3.05) is 40.8 Å². The van der Waals surface area contributed by atoms with E-state index in [4.69, 9.17) is 28.3 Å². The predicted octanol–water partition coefficient (Wildman–Crippen LogP) is 0.823. The van der Waals surface area contributed by atoms with E-state index in [-0.39, 0.29) is 12.1 Å². The van der Waals surface area contributed by atoms with Gasteiger partial charge in [0.15, 0.2) is 0 Å². The Hall–Kier alpha value is 0.495. The van der Waals surface area contributed by atoms with Crippen molar-refractivity contribution in [1.29, 1.82) is 0 Å². The topological polar surface area (TPSA) is 24.9 Å². The zero-order chi connectivity index (χ0) is 12.3. The summed E-state index contributed by atoms with van der Waals surface area (Å²) in [7, 11) is 11.5. The SMILES string of the molecule is [B]C1CN(C)CC(COP(=C)(Cl)N(C)C)O1. The lowest BCUT2D eigenvalue weighted by Gasteiger charge is -2.36. The smallest absolute Gasteiger partial charge is 0.150 e. The average molecular weight is 265 g/mol. The van der Waals surface area contributed by atoms with Crippen molar-refractivity contribution in [3.8, 4) is 0 Å². The summed E-state index contributed by atoms with van der Waals surface area (Å²) < 4.78 is 13.0. The first-order valence-corrected chi connectivity index (χ1v) is 7.91. The molecule has 0 aliphatic carbocycles.